The zero-order chi connectivity index (χ0) is 13.3. The molecule has 0 bridgehead atoms. The van der Waals surface area contributed by atoms with Crippen molar-refractivity contribution in [1.82, 2.24) is 10.2 Å². The van der Waals surface area contributed by atoms with E-state index in [9.17, 15) is 4.79 Å². The number of carbonyl (C=O) groups is 1. The van der Waals surface area contributed by atoms with E-state index < -0.39 is 0 Å². The second kappa shape index (κ2) is 5.17. The zero-order valence-electron chi connectivity index (χ0n) is 12.0. The van der Waals surface area contributed by atoms with Crippen molar-refractivity contribution in [2.75, 3.05) is 19.6 Å². The van der Waals surface area contributed by atoms with Crippen LogP contribution in [0.15, 0.2) is 0 Å². The van der Waals surface area contributed by atoms with E-state index in [0.717, 1.165) is 25.9 Å². The molecular weight excluding hydrogens is 228 g/mol. The molecule has 1 N–H and O–H groups in total. The summed E-state index contributed by atoms with van der Waals surface area (Å²) in [5.74, 6) is 0.442. The van der Waals surface area contributed by atoms with Crippen LogP contribution in [0.1, 0.15) is 40.5 Å². The number of ether oxygens (including phenoxy) is 1. The highest BCUT2D eigenvalue weighted by molar-refractivity contribution is 5.80. The van der Waals surface area contributed by atoms with Gasteiger partial charge >= 0.3 is 0 Å². The molecule has 0 spiro atoms. The Hall–Kier alpha value is -0.610. The van der Waals surface area contributed by atoms with Crippen molar-refractivity contribution in [3.05, 3.63) is 0 Å². The molecule has 2 aliphatic heterocycles. The Bertz CT molecular complexity index is 317. The van der Waals surface area contributed by atoms with Crippen LogP contribution < -0.4 is 5.32 Å². The highest BCUT2D eigenvalue weighted by atomic mass is 16.5. The molecule has 2 fully saturated rings. The fraction of sp³-hybridized carbons (Fsp3) is 0.929. The number of hydrogen-bond acceptors (Lipinski definition) is 3. The molecule has 2 rings (SSSR count). The molecule has 3 atom stereocenters. The number of morpholine rings is 1. The highest BCUT2D eigenvalue weighted by Gasteiger charge is 2.38. The van der Waals surface area contributed by atoms with Crippen LogP contribution in [0.4, 0.5) is 0 Å². The van der Waals surface area contributed by atoms with Crippen LogP contribution in [0.2, 0.25) is 0 Å². The lowest BCUT2D eigenvalue weighted by atomic mass is 9.90. The number of hydrogen-bond donors (Lipinski definition) is 1. The first kappa shape index (κ1) is 13.8. The average molecular weight is 254 g/mol. The van der Waals surface area contributed by atoms with Gasteiger partial charge in [-0.15, -0.1) is 0 Å². The van der Waals surface area contributed by atoms with Gasteiger partial charge < -0.3 is 15.0 Å². The molecule has 1 amide bonds. The third-order valence-corrected chi connectivity index (χ3v) is 3.96. The van der Waals surface area contributed by atoms with Crippen LogP contribution in [0, 0.1) is 5.92 Å². The summed E-state index contributed by atoms with van der Waals surface area (Å²) in [4.78, 5) is 14.6. The monoisotopic (exact) mass is 254 g/mol. The first-order chi connectivity index (χ1) is 8.39. The zero-order valence-corrected chi connectivity index (χ0v) is 12.0. The largest absolute Gasteiger partial charge is 0.369 e. The summed E-state index contributed by atoms with van der Waals surface area (Å²) < 4.78 is 5.86. The van der Waals surface area contributed by atoms with Crippen LogP contribution in [0.25, 0.3) is 0 Å². The van der Waals surface area contributed by atoms with Gasteiger partial charge in [-0.1, -0.05) is 0 Å². The van der Waals surface area contributed by atoms with Gasteiger partial charge in [0, 0.05) is 19.1 Å². The highest BCUT2D eigenvalue weighted by Crippen LogP contribution is 2.25. The first-order valence-corrected chi connectivity index (χ1v) is 7.09. The number of rotatable bonds is 1. The van der Waals surface area contributed by atoms with Gasteiger partial charge in [-0.3, -0.25) is 4.79 Å². The van der Waals surface area contributed by atoms with Crippen molar-refractivity contribution in [3.63, 3.8) is 0 Å². The summed E-state index contributed by atoms with van der Waals surface area (Å²) in [6.45, 7) is 10.8. The summed E-state index contributed by atoms with van der Waals surface area (Å²) in [6.07, 6.45) is 2.24. The Morgan fingerprint density at radius 3 is 2.72 bits per heavy atom. The minimum Gasteiger partial charge on any atom is -0.369 e. The molecule has 2 aliphatic rings. The SMILES string of the molecule is CC1CN(C(=O)C2CCCNC2C)CC(C)(C)O1. The molecule has 0 aromatic carbocycles. The van der Waals surface area contributed by atoms with Crippen LogP contribution in [0.5, 0.6) is 0 Å². The Morgan fingerprint density at radius 1 is 1.39 bits per heavy atom. The first-order valence-electron chi connectivity index (χ1n) is 7.09. The normalized spacial score (nSPS) is 36.4. The topological polar surface area (TPSA) is 41.6 Å². The van der Waals surface area contributed by atoms with Crippen LogP contribution in [0.3, 0.4) is 0 Å². The fourth-order valence-electron chi connectivity index (χ4n) is 3.24. The van der Waals surface area contributed by atoms with E-state index in [1.54, 1.807) is 0 Å². The number of amides is 1. The molecule has 3 unspecified atom stereocenters. The summed E-state index contributed by atoms with van der Waals surface area (Å²) >= 11 is 0. The van der Waals surface area contributed by atoms with Crippen molar-refractivity contribution in [2.45, 2.75) is 58.3 Å². The quantitative estimate of drug-likeness (QED) is 0.769. The molecule has 18 heavy (non-hydrogen) atoms. The molecule has 2 heterocycles. The predicted molar refractivity (Wildman–Crippen MR) is 71.4 cm³/mol. The molecule has 104 valence electrons. The van der Waals surface area contributed by atoms with Crippen molar-refractivity contribution in [2.24, 2.45) is 5.92 Å². The van der Waals surface area contributed by atoms with E-state index in [-0.39, 0.29) is 17.6 Å². The van der Waals surface area contributed by atoms with Gasteiger partial charge in [0.25, 0.3) is 0 Å². The van der Waals surface area contributed by atoms with Gasteiger partial charge in [0.1, 0.15) is 0 Å². The lowest BCUT2D eigenvalue weighted by molar-refractivity contribution is -0.162. The fourth-order valence-corrected chi connectivity index (χ4v) is 3.24. The Morgan fingerprint density at radius 2 is 2.11 bits per heavy atom. The minimum absolute atomic E-state index is 0.129. The number of carbonyl (C=O) groups excluding carboxylic acids is 1. The molecule has 2 saturated heterocycles. The van der Waals surface area contributed by atoms with Crippen LogP contribution in [-0.2, 0) is 9.53 Å². The summed E-state index contributed by atoms with van der Waals surface area (Å²) in [5, 5.41) is 3.41. The van der Waals surface area contributed by atoms with Gasteiger partial charge in [0.15, 0.2) is 0 Å². The maximum absolute atomic E-state index is 12.6. The van der Waals surface area contributed by atoms with Gasteiger partial charge in [0.05, 0.1) is 17.6 Å². The van der Waals surface area contributed by atoms with Gasteiger partial charge in [0.2, 0.25) is 5.91 Å². The van der Waals surface area contributed by atoms with E-state index in [2.05, 4.69) is 26.1 Å². The molecule has 0 aromatic heterocycles. The Kier molecular flexibility index (Phi) is 3.97. The van der Waals surface area contributed by atoms with E-state index >= 15 is 0 Å². The van der Waals surface area contributed by atoms with Crippen molar-refractivity contribution >= 4 is 5.91 Å². The van der Waals surface area contributed by atoms with Crippen molar-refractivity contribution < 1.29 is 9.53 Å². The number of piperidine rings is 1. The van der Waals surface area contributed by atoms with Gasteiger partial charge in [-0.05, 0) is 47.1 Å². The predicted octanol–water partition coefficient (Wildman–Crippen LogP) is 1.40. The molecule has 0 aliphatic carbocycles. The van der Waals surface area contributed by atoms with E-state index in [0.29, 0.717) is 18.5 Å². The van der Waals surface area contributed by atoms with Crippen molar-refractivity contribution in [1.29, 1.82) is 0 Å². The minimum atomic E-state index is -0.224. The Labute approximate surface area is 110 Å². The third-order valence-electron chi connectivity index (χ3n) is 3.96. The molecule has 0 radical (unpaired) electrons. The lowest BCUT2D eigenvalue weighted by Crippen LogP contribution is -2.57. The Balaban J connectivity index is 2.03. The molecule has 4 nitrogen and oxygen atoms in total. The standard InChI is InChI=1S/C14H26N2O2/c1-10-8-16(9-14(3,4)18-10)13(17)12-6-5-7-15-11(12)2/h10-12,15H,5-9H2,1-4H3. The van der Waals surface area contributed by atoms with Crippen LogP contribution >= 0.6 is 0 Å². The summed E-state index contributed by atoms with van der Waals surface area (Å²) in [5.41, 5.74) is -0.224. The molecule has 4 heteroatoms. The summed E-state index contributed by atoms with van der Waals surface area (Å²) in [7, 11) is 0. The molecular formula is C14H26N2O2. The molecule has 0 saturated carbocycles. The number of nitrogens with one attached hydrogen (secondary N) is 1. The average Bonchev–Trinajstić information content (AvgIpc) is 2.26. The maximum Gasteiger partial charge on any atom is 0.227 e. The smallest absolute Gasteiger partial charge is 0.227 e. The van der Waals surface area contributed by atoms with Crippen molar-refractivity contribution in [3.8, 4) is 0 Å². The lowest BCUT2D eigenvalue weighted by Gasteiger charge is -2.44. The molecule has 0 aromatic rings. The maximum atomic E-state index is 12.6. The van der Waals surface area contributed by atoms with Gasteiger partial charge in [-0.25, -0.2) is 0 Å². The van der Waals surface area contributed by atoms with E-state index in [1.807, 2.05) is 11.8 Å². The number of nitrogens with zero attached hydrogens (tertiary/aromatic N) is 1. The van der Waals surface area contributed by atoms with Crippen LogP contribution in [-0.4, -0.2) is 48.2 Å². The second-order valence-corrected chi connectivity index (χ2v) is 6.40. The summed E-state index contributed by atoms with van der Waals surface area (Å²) in [6, 6.07) is 0.299. The van der Waals surface area contributed by atoms with E-state index in [4.69, 9.17) is 4.74 Å². The third kappa shape index (κ3) is 3.04. The second-order valence-electron chi connectivity index (χ2n) is 6.40. The van der Waals surface area contributed by atoms with E-state index in [1.165, 1.54) is 0 Å². The van der Waals surface area contributed by atoms with Gasteiger partial charge in [-0.2, -0.15) is 0 Å².